The highest BCUT2D eigenvalue weighted by atomic mass is 35.5. The first-order chi connectivity index (χ1) is 9.74. The van der Waals surface area contributed by atoms with Crippen LogP contribution in [0.25, 0.3) is 0 Å². The van der Waals surface area contributed by atoms with E-state index in [0.29, 0.717) is 6.61 Å². The Labute approximate surface area is 140 Å². The number of aliphatic hydroxyl groups excluding tert-OH is 1. The van der Waals surface area contributed by atoms with Crippen LogP contribution in [0.15, 0.2) is 0 Å². The van der Waals surface area contributed by atoms with Crippen molar-refractivity contribution < 1.29 is 22.0 Å². The van der Waals surface area contributed by atoms with Gasteiger partial charge in [0, 0.05) is 6.61 Å². The summed E-state index contributed by atoms with van der Waals surface area (Å²) in [7, 11) is 0. The Morgan fingerprint density at radius 2 is 1.00 bits per heavy atom. The topological polar surface area (TPSA) is 20.2 Å². The first kappa shape index (κ1) is 23.5. The molecule has 2 nitrogen and oxygen atoms in total. The normalized spacial score (nSPS) is 11.4. The Hall–Kier alpha value is 0.210. The third-order valence-corrected chi connectivity index (χ3v) is 4.50. The molecule has 0 saturated carbocycles. The van der Waals surface area contributed by atoms with Crippen LogP contribution in [-0.4, -0.2) is 42.4 Å². The van der Waals surface area contributed by atoms with Crippen LogP contribution in [0.5, 0.6) is 0 Å². The number of aliphatic hydroxyl groups is 1. The third kappa shape index (κ3) is 12.4. The van der Waals surface area contributed by atoms with E-state index < -0.39 is 0 Å². The third-order valence-electron chi connectivity index (χ3n) is 4.50. The van der Waals surface area contributed by atoms with Gasteiger partial charge in [-0.25, -0.2) is 0 Å². The molecule has 21 heavy (non-hydrogen) atoms. The molecule has 0 aromatic heterocycles. The SMILES string of the molecule is CCCCCC[N+](CCCC)(CCCC)CCCCO.[Cl-]. The minimum atomic E-state index is 0. The molecule has 0 aliphatic rings. The van der Waals surface area contributed by atoms with Gasteiger partial charge in [0.1, 0.15) is 0 Å². The summed E-state index contributed by atoms with van der Waals surface area (Å²) in [6.07, 6.45) is 13.0. The second kappa shape index (κ2) is 16.6. The number of halogens is 1. The lowest BCUT2D eigenvalue weighted by atomic mass is 10.1. The Morgan fingerprint density at radius 3 is 1.43 bits per heavy atom. The second-order valence-electron chi connectivity index (χ2n) is 6.43. The van der Waals surface area contributed by atoms with Gasteiger partial charge in [-0.1, -0.05) is 46.5 Å². The van der Waals surface area contributed by atoms with Crippen LogP contribution in [0.1, 0.15) is 85.0 Å². The number of unbranched alkanes of at least 4 members (excludes halogenated alkanes) is 6. The Balaban J connectivity index is 0. The fourth-order valence-corrected chi connectivity index (χ4v) is 3.09. The van der Waals surface area contributed by atoms with E-state index >= 15 is 0 Å². The minimum absolute atomic E-state index is 0. The molecule has 1 N–H and O–H groups in total. The molecule has 0 aromatic carbocycles. The number of quaternary nitrogens is 1. The molecule has 0 atom stereocenters. The summed E-state index contributed by atoms with van der Waals surface area (Å²) in [6, 6.07) is 0. The van der Waals surface area contributed by atoms with Gasteiger partial charge < -0.3 is 22.0 Å². The number of hydrogen-bond donors (Lipinski definition) is 1. The van der Waals surface area contributed by atoms with Crippen molar-refractivity contribution in [2.24, 2.45) is 0 Å². The highest BCUT2D eigenvalue weighted by Crippen LogP contribution is 2.17. The molecule has 0 aliphatic carbocycles. The van der Waals surface area contributed by atoms with Crippen molar-refractivity contribution in [2.75, 3.05) is 32.8 Å². The fourth-order valence-electron chi connectivity index (χ4n) is 3.09. The fraction of sp³-hybridized carbons (Fsp3) is 1.00. The molecule has 0 spiro atoms. The van der Waals surface area contributed by atoms with Crippen LogP contribution in [0.2, 0.25) is 0 Å². The predicted molar refractivity (Wildman–Crippen MR) is 90.0 cm³/mol. The molecule has 0 amide bonds. The van der Waals surface area contributed by atoms with Gasteiger partial charge in [-0.15, -0.1) is 0 Å². The van der Waals surface area contributed by atoms with E-state index in [2.05, 4.69) is 20.8 Å². The minimum Gasteiger partial charge on any atom is -1.00 e. The van der Waals surface area contributed by atoms with Crippen molar-refractivity contribution in [1.29, 1.82) is 0 Å². The van der Waals surface area contributed by atoms with E-state index in [1.807, 2.05) is 0 Å². The zero-order chi connectivity index (χ0) is 15.1. The van der Waals surface area contributed by atoms with Crippen molar-refractivity contribution in [3.8, 4) is 0 Å². The highest BCUT2D eigenvalue weighted by molar-refractivity contribution is 4.51. The molecule has 0 unspecified atom stereocenters. The first-order valence-corrected chi connectivity index (χ1v) is 9.20. The van der Waals surface area contributed by atoms with Gasteiger partial charge in [-0.3, -0.25) is 0 Å². The molecule has 0 radical (unpaired) electrons. The smallest absolute Gasteiger partial charge is 0.0787 e. The molecular weight excluding hydrogens is 282 g/mol. The van der Waals surface area contributed by atoms with Crippen molar-refractivity contribution >= 4 is 0 Å². The van der Waals surface area contributed by atoms with E-state index in [-0.39, 0.29) is 12.4 Å². The summed E-state index contributed by atoms with van der Waals surface area (Å²) in [4.78, 5) is 0. The van der Waals surface area contributed by atoms with Crippen molar-refractivity contribution in [3.05, 3.63) is 0 Å². The van der Waals surface area contributed by atoms with Gasteiger partial charge in [-0.2, -0.15) is 0 Å². The molecule has 0 aliphatic heterocycles. The number of nitrogens with zero attached hydrogens (tertiary/aromatic N) is 1. The standard InChI is InChI=1S/C18H40NO.ClH/c1-4-7-10-11-16-19(14-8-5-2,15-9-6-3)17-12-13-18-20;/h20H,4-18H2,1-3H3;1H/q+1;/p-1. The summed E-state index contributed by atoms with van der Waals surface area (Å²) >= 11 is 0. The van der Waals surface area contributed by atoms with Crippen LogP contribution >= 0.6 is 0 Å². The number of hydrogen-bond acceptors (Lipinski definition) is 1. The van der Waals surface area contributed by atoms with Crippen molar-refractivity contribution in [3.63, 3.8) is 0 Å². The summed E-state index contributed by atoms with van der Waals surface area (Å²) in [5.74, 6) is 0. The Morgan fingerprint density at radius 1 is 0.571 bits per heavy atom. The lowest BCUT2D eigenvalue weighted by Gasteiger charge is -2.39. The molecular formula is C18H40ClNO. The van der Waals surface area contributed by atoms with E-state index in [9.17, 15) is 0 Å². The van der Waals surface area contributed by atoms with E-state index in [4.69, 9.17) is 5.11 Å². The van der Waals surface area contributed by atoms with Crippen LogP contribution < -0.4 is 12.4 Å². The van der Waals surface area contributed by atoms with Gasteiger partial charge in [0.2, 0.25) is 0 Å². The average Bonchev–Trinajstić information content (AvgIpc) is 2.47. The van der Waals surface area contributed by atoms with Gasteiger partial charge in [0.15, 0.2) is 0 Å². The Bertz CT molecular complexity index is 192. The maximum absolute atomic E-state index is 9.05. The van der Waals surface area contributed by atoms with Gasteiger partial charge >= 0.3 is 0 Å². The van der Waals surface area contributed by atoms with E-state index in [0.717, 1.165) is 6.42 Å². The molecule has 0 bridgehead atoms. The lowest BCUT2D eigenvalue weighted by molar-refractivity contribution is -0.929. The van der Waals surface area contributed by atoms with Gasteiger partial charge in [0.05, 0.1) is 26.2 Å². The summed E-state index contributed by atoms with van der Waals surface area (Å²) in [5.41, 5.74) is 0. The average molecular weight is 322 g/mol. The van der Waals surface area contributed by atoms with Crippen molar-refractivity contribution in [1.82, 2.24) is 0 Å². The predicted octanol–water partition coefficient (Wildman–Crippen LogP) is 1.76. The van der Waals surface area contributed by atoms with Crippen molar-refractivity contribution in [2.45, 2.75) is 85.0 Å². The lowest BCUT2D eigenvalue weighted by Crippen LogP contribution is -3.00. The van der Waals surface area contributed by atoms with Crippen LogP contribution in [0, 0.1) is 0 Å². The van der Waals surface area contributed by atoms with E-state index in [1.54, 1.807) is 0 Å². The van der Waals surface area contributed by atoms with Crippen LogP contribution in [-0.2, 0) is 0 Å². The number of rotatable bonds is 15. The monoisotopic (exact) mass is 321 g/mol. The second-order valence-corrected chi connectivity index (χ2v) is 6.43. The molecule has 0 fully saturated rings. The van der Waals surface area contributed by atoms with Crippen LogP contribution in [0.3, 0.4) is 0 Å². The largest absolute Gasteiger partial charge is 1.00 e. The first-order valence-electron chi connectivity index (χ1n) is 9.20. The molecule has 0 rings (SSSR count). The summed E-state index contributed by atoms with van der Waals surface area (Å²) < 4.78 is 1.32. The molecule has 3 heteroatoms. The maximum Gasteiger partial charge on any atom is 0.0787 e. The maximum atomic E-state index is 9.05. The quantitative estimate of drug-likeness (QED) is 0.360. The van der Waals surface area contributed by atoms with Crippen LogP contribution in [0.4, 0.5) is 0 Å². The summed E-state index contributed by atoms with van der Waals surface area (Å²) in [6.45, 7) is 12.6. The zero-order valence-electron chi connectivity index (χ0n) is 14.9. The van der Waals surface area contributed by atoms with Gasteiger partial charge in [-0.05, 0) is 38.5 Å². The molecule has 0 aromatic rings. The highest BCUT2D eigenvalue weighted by Gasteiger charge is 2.25. The molecule has 130 valence electrons. The Kier molecular flexibility index (Phi) is 18.5. The summed E-state index contributed by atoms with van der Waals surface area (Å²) in [5, 5.41) is 9.05. The molecule has 0 saturated heterocycles. The van der Waals surface area contributed by atoms with Gasteiger partial charge in [0.25, 0.3) is 0 Å². The van der Waals surface area contributed by atoms with E-state index in [1.165, 1.54) is 88.4 Å². The zero-order valence-corrected chi connectivity index (χ0v) is 15.6. The molecule has 0 heterocycles.